The van der Waals surface area contributed by atoms with Gasteiger partial charge in [-0.2, -0.15) is 0 Å². The minimum absolute atomic E-state index is 0.220. The third kappa shape index (κ3) is 5.70. The Kier molecular flexibility index (Phi) is 7.48. The van der Waals surface area contributed by atoms with Gasteiger partial charge in [0.05, 0.1) is 12.3 Å². The van der Waals surface area contributed by atoms with Crippen LogP contribution in [0.4, 0.5) is 10.5 Å². The molecule has 0 saturated carbocycles. The molecule has 8 heteroatoms. The van der Waals surface area contributed by atoms with Crippen LogP contribution in [0.15, 0.2) is 78.4 Å². The van der Waals surface area contributed by atoms with Gasteiger partial charge in [0.2, 0.25) is 0 Å². The Bertz CT molecular complexity index is 1270. The number of rotatable bonds is 8. The highest BCUT2D eigenvalue weighted by Crippen LogP contribution is 2.29. The second-order valence-electron chi connectivity index (χ2n) is 7.76. The number of urea groups is 1. The van der Waals surface area contributed by atoms with Crippen LogP contribution in [0.1, 0.15) is 24.5 Å². The molecule has 1 saturated heterocycles. The van der Waals surface area contributed by atoms with Crippen LogP contribution in [0.25, 0.3) is 6.08 Å². The van der Waals surface area contributed by atoms with E-state index in [2.05, 4.69) is 5.32 Å². The smallest absolute Gasteiger partial charge is 0.335 e. The summed E-state index contributed by atoms with van der Waals surface area (Å²) >= 11 is 6.18. The van der Waals surface area contributed by atoms with Gasteiger partial charge in [-0.3, -0.25) is 14.9 Å². The SMILES string of the molecule is CCCOc1ccc(N2C(=O)NC(=O)/C(=C/c3cc(Cl)ccc3OCc3ccccc3)C2=O)cc1. The summed E-state index contributed by atoms with van der Waals surface area (Å²) in [6.07, 6.45) is 2.23. The molecule has 1 fully saturated rings. The molecule has 0 aromatic heterocycles. The number of carbonyl (C=O) groups is 3. The van der Waals surface area contributed by atoms with Gasteiger partial charge in [-0.05, 0) is 60.5 Å². The van der Waals surface area contributed by atoms with Crippen LogP contribution in [0, 0.1) is 0 Å². The van der Waals surface area contributed by atoms with E-state index in [9.17, 15) is 14.4 Å². The lowest BCUT2D eigenvalue weighted by atomic mass is 10.1. The third-order valence-electron chi connectivity index (χ3n) is 5.18. The Labute approximate surface area is 207 Å². The maximum Gasteiger partial charge on any atom is 0.335 e. The molecule has 4 amide bonds. The molecule has 0 aliphatic carbocycles. The molecule has 1 N–H and O–H groups in total. The highest BCUT2D eigenvalue weighted by atomic mass is 35.5. The van der Waals surface area contributed by atoms with E-state index in [1.807, 2.05) is 37.3 Å². The highest BCUT2D eigenvalue weighted by molar-refractivity contribution is 6.39. The molecule has 1 aliphatic heterocycles. The largest absolute Gasteiger partial charge is 0.494 e. The zero-order valence-electron chi connectivity index (χ0n) is 19.0. The van der Waals surface area contributed by atoms with E-state index in [0.717, 1.165) is 16.9 Å². The summed E-state index contributed by atoms with van der Waals surface area (Å²) < 4.78 is 11.5. The van der Waals surface area contributed by atoms with E-state index < -0.39 is 17.8 Å². The van der Waals surface area contributed by atoms with Crippen molar-refractivity contribution in [2.75, 3.05) is 11.5 Å². The van der Waals surface area contributed by atoms with Crippen LogP contribution < -0.4 is 19.7 Å². The van der Waals surface area contributed by atoms with Crippen LogP contribution in [-0.2, 0) is 16.2 Å². The van der Waals surface area contributed by atoms with Crippen molar-refractivity contribution >= 4 is 41.2 Å². The van der Waals surface area contributed by atoms with Gasteiger partial charge in [0.15, 0.2) is 0 Å². The van der Waals surface area contributed by atoms with E-state index >= 15 is 0 Å². The lowest BCUT2D eigenvalue weighted by Gasteiger charge is -2.26. The van der Waals surface area contributed by atoms with Gasteiger partial charge < -0.3 is 9.47 Å². The van der Waals surface area contributed by atoms with Gasteiger partial charge in [0.1, 0.15) is 23.7 Å². The molecule has 7 nitrogen and oxygen atoms in total. The molecule has 4 rings (SSSR count). The molecule has 0 radical (unpaired) electrons. The number of ether oxygens (including phenoxy) is 2. The second-order valence-corrected chi connectivity index (χ2v) is 8.19. The molecule has 1 heterocycles. The Balaban J connectivity index is 1.62. The highest BCUT2D eigenvalue weighted by Gasteiger charge is 2.37. The number of barbiturate groups is 1. The number of hydrogen-bond acceptors (Lipinski definition) is 5. The van der Waals surface area contributed by atoms with Crippen LogP contribution in [0.5, 0.6) is 11.5 Å². The average Bonchev–Trinajstić information content (AvgIpc) is 2.86. The van der Waals surface area contributed by atoms with Gasteiger partial charge in [-0.15, -0.1) is 0 Å². The quantitative estimate of drug-likeness (QED) is 0.339. The lowest BCUT2D eigenvalue weighted by Crippen LogP contribution is -2.54. The number of nitrogens with zero attached hydrogens (tertiary/aromatic N) is 1. The Hall–Kier alpha value is -4.10. The molecule has 178 valence electrons. The molecule has 3 aromatic rings. The van der Waals surface area contributed by atoms with Gasteiger partial charge in [-0.25, -0.2) is 9.69 Å². The zero-order chi connectivity index (χ0) is 24.8. The van der Waals surface area contributed by atoms with E-state index in [1.165, 1.54) is 6.08 Å². The number of amides is 4. The summed E-state index contributed by atoms with van der Waals surface area (Å²) in [4.78, 5) is 39.3. The molecule has 0 atom stereocenters. The molecular weight excluding hydrogens is 468 g/mol. The topological polar surface area (TPSA) is 84.9 Å². The molecule has 0 unspecified atom stereocenters. The summed E-state index contributed by atoms with van der Waals surface area (Å²) in [5, 5.41) is 2.63. The first-order chi connectivity index (χ1) is 17.0. The first kappa shape index (κ1) is 24.0. The van der Waals surface area contributed by atoms with Crippen molar-refractivity contribution in [3.63, 3.8) is 0 Å². The molecule has 3 aromatic carbocycles. The Morgan fingerprint density at radius 2 is 1.69 bits per heavy atom. The molecule has 1 aliphatic rings. The van der Waals surface area contributed by atoms with Crippen molar-refractivity contribution in [2.24, 2.45) is 0 Å². The first-order valence-corrected chi connectivity index (χ1v) is 11.4. The fourth-order valence-electron chi connectivity index (χ4n) is 3.46. The summed E-state index contributed by atoms with van der Waals surface area (Å²) in [5.41, 5.74) is 1.48. The number of nitrogens with one attached hydrogen (secondary N) is 1. The predicted molar refractivity (Wildman–Crippen MR) is 133 cm³/mol. The second kappa shape index (κ2) is 10.9. The van der Waals surface area contributed by atoms with Crippen LogP contribution in [-0.4, -0.2) is 24.5 Å². The summed E-state index contributed by atoms with van der Waals surface area (Å²) in [6, 6.07) is 20.2. The average molecular weight is 491 g/mol. The fourth-order valence-corrected chi connectivity index (χ4v) is 3.64. The number of halogens is 1. The summed E-state index contributed by atoms with van der Waals surface area (Å²) in [5.74, 6) is -0.498. The van der Waals surface area contributed by atoms with E-state index in [-0.39, 0.29) is 12.2 Å². The van der Waals surface area contributed by atoms with Crippen molar-refractivity contribution < 1.29 is 23.9 Å². The fraction of sp³-hybridized carbons (Fsp3) is 0.148. The minimum Gasteiger partial charge on any atom is -0.494 e. The van der Waals surface area contributed by atoms with Gasteiger partial charge in [-0.1, -0.05) is 48.9 Å². The normalized spacial score (nSPS) is 14.7. The van der Waals surface area contributed by atoms with Gasteiger partial charge >= 0.3 is 6.03 Å². The minimum atomic E-state index is -0.828. The van der Waals surface area contributed by atoms with E-state index in [4.69, 9.17) is 21.1 Å². The Morgan fingerprint density at radius 3 is 2.40 bits per heavy atom. The van der Waals surface area contributed by atoms with Crippen LogP contribution in [0.2, 0.25) is 5.02 Å². The van der Waals surface area contributed by atoms with Gasteiger partial charge in [0.25, 0.3) is 11.8 Å². The molecule has 0 bridgehead atoms. The van der Waals surface area contributed by atoms with Crippen LogP contribution in [0.3, 0.4) is 0 Å². The van der Waals surface area contributed by atoms with E-state index in [1.54, 1.807) is 42.5 Å². The third-order valence-corrected chi connectivity index (χ3v) is 5.41. The zero-order valence-corrected chi connectivity index (χ0v) is 19.7. The first-order valence-electron chi connectivity index (χ1n) is 11.1. The maximum absolute atomic E-state index is 13.3. The number of imide groups is 2. The maximum atomic E-state index is 13.3. The summed E-state index contributed by atoms with van der Waals surface area (Å²) in [7, 11) is 0. The van der Waals surface area contributed by atoms with Crippen molar-refractivity contribution in [3.8, 4) is 11.5 Å². The number of benzene rings is 3. The molecule has 35 heavy (non-hydrogen) atoms. The van der Waals surface area contributed by atoms with Crippen LogP contribution >= 0.6 is 11.6 Å². The lowest BCUT2D eigenvalue weighted by molar-refractivity contribution is -0.122. The number of hydrogen-bond donors (Lipinski definition) is 1. The Morgan fingerprint density at radius 1 is 0.943 bits per heavy atom. The molecular formula is C27H23ClN2O5. The summed E-state index contributed by atoms with van der Waals surface area (Å²) in [6.45, 7) is 2.84. The van der Waals surface area contributed by atoms with Crippen molar-refractivity contribution in [1.29, 1.82) is 0 Å². The van der Waals surface area contributed by atoms with Crippen molar-refractivity contribution in [2.45, 2.75) is 20.0 Å². The predicted octanol–water partition coefficient (Wildman–Crippen LogP) is 5.37. The molecule has 0 spiro atoms. The standard InChI is InChI=1S/C27H23ClN2O5/c1-2-14-34-22-11-9-21(10-12-22)30-26(32)23(25(31)29-27(30)33)16-19-15-20(28)8-13-24(19)35-17-18-6-4-3-5-7-18/h3-13,15-16H,2,14,17H2,1H3,(H,29,31,33)/b23-16-. The van der Waals surface area contributed by atoms with Gasteiger partial charge in [0, 0.05) is 10.6 Å². The van der Waals surface area contributed by atoms with Crippen molar-refractivity contribution in [3.05, 3.63) is 94.5 Å². The number of carbonyl (C=O) groups excluding carboxylic acids is 3. The van der Waals surface area contributed by atoms with E-state index in [0.29, 0.717) is 34.4 Å². The van der Waals surface area contributed by atoms with Crippen molar-refractivity contribution in [1.82, 2.24) is 5.32 Å². The number of anilines is 1. The monoisotopic (exact) mass is 490 g/mol.